The number of unbranched alkanes of at least 4 members (excludes halogenated alkanes) is 3. The van der Waals surface area contributed by atoms with Gasteiger partial charge in [0.1, 0.15) is 0 Å². The van der Waals surface area contributed by atoms with Crippen molar-refractivity contribution in [3.05, 3.63) is 196 Å². The number of aryl methyl sites for hydroxylation is 3. The number of aromatic nitrogens is 3. The first-order chi connectivity index (χ1) is 42.3. The van der Waals surface area contributed by atoms with Crippen molar-refractivity contribution in [2.45, 2.75) is 120 Å². The van der Waals surface area contributed by atoms with Crippen molar-refractivity contribution < 1.29 is 28.8 Å². The molecule has 88 heavy (non-hydrogen) atoms. The predicted octanol–water partition coefficient (Wildman–Crippen LogP) is 8.97. The van der Waals surface area contributed by atoms with E-state index in [-0.39, 0.29) is 38.5 Å². The molecule has 0 aliphatic rings. The third kappa shape index (κ3) is 13.8. The van der Waals surface area contributed by atoms with Crippen molar-refractivity contribution in [2.75, 3.05) is 35.6 Å². The number of para-hydroxylation sites is 3. The average molecular weight is 1190 g/mol. The molecule has 0 aliphatic heterocycles. The third-order valence-electron chi connectivity index (χ3n) is 17.4. The molecule has 0 fully saturated rings. The molecule has 3 amide bonds. The number of fused-ring (bicyclic) bond motifs is 3. The quantitative estimate of drug-likeness (QED) is 0.0114. The van der Waals surface area contributed by atoms with Crippen molar-refractivity contribution in [3.8, 4) is 0 Å². The molecular weight excluding hydrogens is 1100 g/mol. The molecule has 0 saturated heterocycles. The fourth-order valence-corrected chi connectivity index (χ4v) is 12.0. The minimum Gasteiger partial charge on any atom is -0.358 e. The molecule has 458 valence electrons. The maximum atomic E-state index is 14.4. The summed E-state index contributed by atoms with van der Waals surface area (Å²) < 4.78 is 0. The minimum atomic E-state index is -1.87. The SMILES string of the molecule is Cc1[nH]c2ccccc2c1CC(=O)[C@@](N)(CCCCN)C(=O)Nc1ccc(C(c2ccc(NC(=O)[C@](N)(CCCCN)C(=O)Cc3c(C)[nH]c4ccccc34)cc2)c2ccc(NC(=O)[C@](N)(CCCCN)C(=O)Cc3c(C)[nH]c4ccccc34)cc2)cc1. The van der Waals surface area contributed by atoms with Crippen molar-refractivity contribution in [1.29, 1.82) is 0 Å². The number of nitrogens with two attached hydrogens (primary N) is 6. The number of benzene rings is 6. The van der Waals surface area contributed by atoms with Crippen LogP contribution in [-0.4, -0.2) is 86.3 Å². The van der Waals surface area contributed by atoms with Crippen LogP contribution in [0, 0.1) is 20.8 Å². The Labute approximate surface area is 512 Å². The van der Waals surface area contributed by atoms with E-state index in [1.54, 1.807) is 36.4 Å². The van der Waals surface area contributed by atoms with Gasteiger partial charge in [-0.15, -0.1) is 0 Å². The first-order valence-corrected chi connectivity index (χ1v) is 30.3. The van der Waals surface area contributed by atoms with Crippen LogP contribution in [0.1, 0.15) is 114 Å². The molecular formula is C70H82N12O6. The molecule has 18 N–H and O–H groups in total. The number of hydrogen-bond acceptors (Lipinski definition) is 12. The second kappa shape index (κ2) is 27.9. The molecule has 6 aromatic carbocycles. The summed E-state index contributed by atoms with van der Waals surface area (Å²) in [7, 11) is 0. The number of Topliss-reactive ketones (excluding diaryl/α,β-unsaturated/α-hetero) is 3. The monoisotopic (exact) mass is 1190 g/mol. The van der Waals surface area contributed by atoms with E-state index in [0.717, 1.165) is 83.2 Å². The fraction of sp³-hybridized carbons (Fsp3) is 0.314. The van der Waals surface area contributed by atoms with Gasteiger partial charge < -0.3 is 65.3 Å². The normalized spacial score (nSPS) is 13.7. The molecule has 0 aliphatic carbocycles. The van der Waals surface area contributed by atoms with Crippen LogP contribution < -0.4 is 50.4 Å². The maximum Gasteiger partial charge on any atom is 0.252 e. The zero-order valence-corrected chi connectivity index (χ0v) is 50.5. The summed E-state index contributed by atoms with van der Waals surface area (Å²) in [6, 6.07) is 44.8. The lowest BCUT2D eigenvalue weighted by atomic mass is 9.83. The maximum absolute atomic E-state index is 14.4. The molecule has 18 heteroatoms. The largest absolute Gasteiger partial charge is 0.358 e. The topological polar surface area (TPSA) is 342 Å². The van der Waals surface area contributed by atoms with Crippen LogP contribution >= 0.6 is 0 Å². The Kier molecular flexibility index (Phi) is 20.1. The summed E-state index contributed by atoms with van der Waals surface area (Å²) in [5.41, 5.74) is 43.7. The van der Waals surface area contributed by atoms with E-state index in [1.165, 1.54) is 0 Å². The van der Waals surface area contributed by atoms with Crippen LogP contribution in [0.2, 0.25) is 0 Å². The number of ketones is 3. The van der Waals surface area contributed by atoms with Crippen molar-refractivity contribution in [3.63, 3.8) is 0 Å². The molecule has 9 aromatic rings. The number of nitrogens with one attached hydrogen (secondary N) is 6. The molecule has 0 unspecified atom stereocenters. The first-order valence-electron chi connectivity index (χ1n) is 30.3. The highest BCUT2D eigenvalue weighted by molar-refractivity contribution is 6.18. The standard InChI is InChI=1S/C70H82N12O6/c1-43-55(52-16-4-7-19-58(52)77-43)40-61(83)68(74,34-10-13-37-71)65(86)80-49-28-22-46(23-29-49)64(47-24-30-50(31-25-47)81-66(87)69(75,35-11-14-38-72)62(84)41-56-44(2)78-59-20-8-5-17-53(56)59)48-26-32-51(33-27-48)82-67(88)70(76,36-12-15-39-73)63(85)42-57-45(3)79-60-21-9-6-18-54(57)60/h4-9,16-33,64,77-79H,10-15,34-42,71-76H2,1-3H3,(H,80,86)(H,81,87)(H,82,88)/t68-,69-,70-/m0/s1. The second-order valence-electron chi connectivity index (χ2n) is 23.4. The van der Waals surface area contributed by atoms with Gasteiger partial charge in [-0.2, -0.15) is 0 Å². The van der Waals surface area contributed by atoms with Crippen LogP contribution in [0.15, 0.2) is 146 Å². The van der Waals surface area contributed by atoms with Crippen molar-refractivity contribution in [2.24, 2.45) is 34.4 Å². The lowest BCUT2D eigenvalue weighted by molar-refractivity contribution is -0.134. The Morgan fingerprint density at radius 1 is 0.375 bits per heavy atom. The van der Waals surface area contributed by atoms with Crippen molar-refractivity contribution >= 4 is 84.8 Å². The van der Waals surface area contributed by atoms with Gasteiger partial charge in [0.05, 0.1) is 0 Å². The van der Waals surface area contributed by atoms with E-state index in [1.807, 2.05) is 130 Å². The molecule has 0 saturated carbocycles. The zero-order chi connectivity index (χ0) is 62.8. The number of amides is 3. The summed E-state index contributed by atoms with van der Waals surface area (Å²) in [5.74, 6) is -3.66. The summed E-state index contributed by atoms with van der Waals surface area (Å²) in [4.78, 5) is 96.2. The number of carbonyl (C=O) groups excluding carboxylic acids is 6. The molecule has 3 heterocycles. The predicted molar refractivity (Wildman–Crippen MR) is 351 cm³/mol. The Bertz CT molecular complexity index is 3570. The first kappa shape index (κ1) is 63.6. The number of hydrogen-bond donors (Lipinski definition) is 12. The number of anilines is 3. The van der Waals surface area contributed by atoms with Gasteiger partial charge in [0, 0.05) is 92.0 Å². The average Bonchev–Trinajstić information content (AvgIpc) is 2.44. The van der Waals surface area contributed by atoms with Gasteiger partial charge in [0.15, 0.2) is 34.0 Å². The highest BCUT2D eigenvalue weighted by Crippen LogP contribution is 2.36. The molecule has 0 bridgehead atoms. The number of aromatic amines is 3. The van der Waals surface area contributed by atoms with Crippen LogP contribution in [0.25, 0.3) is 32.7 Å². The van der Waals surface area contributed by atoms with E-state index in [2.05, 4.69) is 30.9 Å². The van der Waals surface area contributed by atoms with Crippen LogP contribution in [0.3, 0.4) is 0 Å². The molecule has 0 spiro atoms. The molecule has 9 rings (SSSR count). The van der Waals surface area contributed by atoms with Gasteiger partial charge in [-0.3, -0.25) is 28.8 Å². The molecule has 3 aromatic heterocycles. The lowest BCUT2D eigenvalue weighted by Gasteiger charge is -2.28. The molecule has 0 radical (unpaired) electrons. The van der Waals surface area contributed by atoms with Gasteiger partial charge in [0.2, 0.25) is 0 Å². The van der Waals surface area contributed by atoms with Gasteiger partial charge >= 0.3 is 0 Å². The Balaban J connectivity index is 0.996. The second-order valence-corrected chi connectivity index (χ2v) is 23.4. The van der Waals surface area contributed by atoms with Crippen molar-refractivity contribution in [1.82, 2.24) is 15.0 Å². The lowest BCUT2D eigenvalue weighted by Crippen LogP contribution is -2.58. The van der Waals surface area contributed by atoms with E-state index < -0.39 is 57.6 Å². The smallest absolute Gasteiger partial charge is 0.252 e. The molecule has 18 nitrogen and oxygen atoms in total. The van der Waals surface area contributed by atoms with Gasteiger partial charge in [-0.25, -0.2) is 0 Å². The van der Waals surface area contributed by atoms with Crippen LogP contribution in [0.4, 0.5) is 17.1 Å². The van der Waals surface area contributed by atoms with E-state index in [0.29, 0.717) is 75.2 Å². The van der Waals surface area contributed by atoms with Gasteiger partial charge in [-0.05, 0) is 186 Å². The Morgan fingerprint density at radius 3 is 0.875 bits per heavy atom. The summed E-state index contributed by atoms with van der Waals surface area (Å²) in [6.07, 6.45) is 3.22. The fourth-order valence-electron chi connectivity index (χ4n) is 12.0. The van der Waals surface area contributed by atoms with Crippen LogP contribution in [-0.2, 0) is 48.0 Å². The van der Waals surface area contributed by atoms with E-state index >= 15 is 0 Å². The number of H-pyrrole nitrogens is 3. The number of carbonyl (C=O) groups is 6. The Hall–Kier alpha value is -8.88. The summed E-state index contributed by atoms with van der Waals surface area (Å²) >= 11 is 0. The third-order valence-corrected chi connectivity index (χ3v) is 17.4. The molecule has 3 atom stereocenters. The summed E-state index contributed by atoms with van der Waals surface area (Å²) in [5, 5.41) is 11.5. The highest BCUT2D eigenvalue weighted by Gasteiger charge is 2.44. The minimum absolute atomic E-state index is 0.0506. The van der Waals surface area contributed by atoms with E-state index in [9.17, 15) is 28.8 Å². The zero-order valence-electron chi connectivity index (χ0n) is 50.5. The van der Waals surface area contributed by atoms with Crippen LogP contribution in [0.5, 0.6) is 0 Å². The van der Waals surface area contributed by atoms with E-state index in [4.69, 9.17) is 34.4 Å². The highest BCUT2D eigenvalue weighted by atomic mass is 16.2. The Morgan fingerprint density at radius 2 is 0.625 bits per heavy atom. The van der Waals surface area contributed by atoms with Gasteiger partial charge in [0.25, 0.3) is 17.7 Å². The van der Waals surface area contributed by atoms with Gasteiger partial charge in [-0.1, -0.05) is 91.0 Å². The number of rotatable bonds is 30. The summed E-state index contributed by atoms with van der Waals surface area (Å²) in [6.45, 7) is 6.82.